The Balaban J connectivity index is 2.07. The summed E-state index contributed by atoms with van der Waals surface area (Å²) in [6, 6.07) is 6.32. The number of halogens is 2. The second kappa shape index (κ2) is 5.19. The Morgan fingerprint density at radius 3 is 2.94 bits per heavy atom. The summed E-state index contributed by atoms with van der Waals surface area (Å²) in [5, 5.41) is 7.66. The van der Waals surface area contributed by atoms with Crippen molar-refractivity contribution < 1.29 is 4.39 Å². The van der Waals surface area contributed by atoms with Crippen LogP contribution in [0.3, 0.4) is 0 Å². The lowest BCUT2D eigenvalue weighted by Gasteiger charge is -2.08. The largest absolute Gasteiger partial charge is 0.379 e. The minimum absolute atomic E-state index is 0.344. The highest BCUT2D eigenvalue weighted by Gasteiger charge is 2.02. The Labute approximate surface area is 104 Å². The molecule has 0 aliphatic heterocycles. The molecule has 1 aromatic carbocycles. The number of nitrogens with zero attached hydrogens (tertiary/aromatic N) is 2. The highest BCUT2D eigenvalue weighted by atomic mass is 35.5. The quantitative estimate of drug-likeness (QED) is 0.906. The summed E-state index contributed by atoms with van der Waals surface area (Å²) in [6.45, 7) is 3.43. The number of aryl methyl sites for hydroxylation is 1. The minimum Gasteiger partial charge on any atom is -0.379 e. The molecule has 0 unspecified atom stereocenters. The van der Waals surface area contributed by atoms with Gasteiger partial charge < -0.3 is 5.32 Å². The zero-order valence-electron chi connectivity index (χ0n) is 9.45. The highest BCUT2D eigenvalue weighted by Crippen LogP contribution is 2.18. The maximum absolute atomic E-state index is 13.1. The predicted molar refractivity (Wildman–Crippen MR) is 66.6 cm³/mol. The van der Waals surface area contributed by atoms with Crippen LogP contribution in [0.4, 0.5) is 10.1 Å². The van der Waals surface area contributed by atoms with Gasteiger partial charge in [-0.3, -0.25) is 4.68 Å². The van der Waals surface area contributed by atoms with Gasteiger partial charge in [0.15, 0.2) is 0 Å². The fraction of sp³-hybridized carbons (Fsp3) is 0.250. The zero-order valence-corrected chi connectivity index (χ0v) is 10.2. The van der Waals surface area contributed by atoms with E-state index in [0.717, 1.165) is 12.2 Å². The third kappa shape index (κ3) is 2.97. The van der Waals surface area contributed by atoms with E-state index in [0.29, 0.717) is 17.3 Å². The third-order valence-corrected chi connectivity index (χ3v) is 2.66. The highest BCUT2D eigenvalue weighted by molar-refractivity contribution is 6.30. The van der Waals surface area contributed by atoms with E-state index in [4.69, 9.17) is 11.6 Å². The Kier molecular flexibility index (Phi) is 3.64. The van der Waals surface area contributed by atoms with Gasteiger partial charge in [-0.25, -0.2) is 4.39 Å². The van der Waals surface area contributed by atoms with E-state index >= 15 is 0 Å². The van der Waals surface area contributed by atoms with Crippen molar-refractivity contribution in [1.82, 2.24) is 9.78 Å². The molecular weight excluding hydrogens is 241 g/mol. The lowest BCUT2D eigenvalue weighted by Crippen LogP contribution is -2.07. The average Bonchev–Trinajstić information content (AvgIpc) is 2.72. The molecule has 1 N–H and O–H groups in total. The van der Waals surface area contributed by atoms with Crippen LogP contribution in [-0.4, -0.2) is 9.78 Å². The van der Waals surface area contributed by atoms with E-state index in [1.165, 1.54) is 12.1 Å². The summed E-state index contributed by atoms with van der Waals surface area (Å²) < 4.78 is 15.0. The number of anilines is 1. The molecular formula is C12H13ClFN3. The standard InChI is InChI=1S/C12H13ClFN3/c1-2-17-12(3-4-16-17)8-15-11-6-9(13)5-10(14)7-11/h3-7,15H,2,8H2,1H3. The smallest absolute Gasteiger partial charge is 0.126 e. The van der Waals surface area contributed by atoms with Gasteiger partial charge in [-0.2, -0.15) is 5.10 Å². The van der Waals surface area contributed by atoms with E-state index in [2.05, 4.69) is 10.4 Å². The lowest BCUT2D eigenvalue weighted by atomic mass is 10.3. The van der Waals surface area contributed by atoms with E-state index < -0.39 is 0 Å². The second-order valence-corrected chi connectivity index (χ2v) is 4.09. The number of benzene rings is 1. The van der Waals surface area contributed by atoms with Crippen molar-refractivity contribution in [2.24, 2.45) is 0 Å². The molecule has 2 rings (SSSR count). The van der Waals surface area contributed by atoms with E-state index in [9.17, 15) is 4.39 Å². The van der Waals surface area contributed by atoms with Crippen LogP contribution in [0.5, 0.6) is 0 Å². The molecule has 90 valence electrons. The van der Waals surface area contributed by atoms with Gasteiger partial charge in [0, 0.05) is 23.5 Å². The molecule has 0 saturated heterocycles. The van der Waals surface area contributed by atoms with Crippen molar-refractivity contribution in [3.8, 4) is 0 Å². The van der Waals surface area contributed by atoms with Gasteiger partial charge in [-0.15, -0.1) is 0 Å². The van der Waals surface area contributed by atoms with Gasteiger partial charge in [0.05, 0.1) is 12.2 Å². The molecule has 0 saturated carbocycles. The molecule has 0 bridgehead atoms. The van der Waals surface area contributed by atoms with Crippen LogP contribution in [-0.2, 0) is 13.1 Å². The van der Waals surface area contributed by atoms with Crippen molar-refractivity contribution in [2.75, 3.05) is 5.32 Å². The van der Waals surface area contributed by atoms with Crippen LogP contribution in [0.15, 0.2) is 30.5 Å². The van der Waals surface area contributed by atoms with Crippen LogP contribution in [0, 0.1) is 5.82 Å². The van der Waals surface area contributed by atoms with E-state index in [1.807, 2.05) is 17.7 Å². The molecule has 0 radical (unpaired) electrons. The maximum Gasteiger partial charge on any atom is 0.126 e. The Hall–Kier alpha value is -1.55. The Bertz CT molecular complexity index is 490. The third-order valence-electron chi connectivity index (χ3n) is 2.44. The van der Waals surface area contributed by atoms with Gasteiger partial charge >= 0.3 is 0 Å². The lowest BCUT2D eigenvalue weighted by molar-refractivity contribution is 0.624. The van der Waals surface area contributed by atoms with E-state index in [-0.39, 0.29) is 5.82 Å². The molecule has 0 amide bonds. The van der Waals surface area contributed by atoms with E-state index in [1.54, 1.807) is 12.3 Å². The fourth-order valence-electron chi connectivity index (χ4n) is 1.64. The van der Waals surface area contributed by atoms with Crippen molar-refractivity contribution in [1.29, 1.82) is 0 Å². The van der Waals surface area contributed by atoms with Gasteiger partial charge in [0.2, 0.25) is 0 Å². The second-order valence-electron chi connectivity index (χ2n) is 3.65. The first-order valence-electron chi connectivity index (χ1n) is 5.39. The first-order chi connectivity index (χ1) is 8.19. The summed E-state index contributed by atoms with van der Waals surface area (Å²) >= 11 is 5.77. The van der Waals surface area contributed by atoms with Gasteiger partial charge in [-0.05, 0) is 31.2 Å². The average molecular weight is 254 g/mol. The monoisotopic (exact) mass is 253 g/mol. The van der Waals surface area contributed by atoms with Gasteiger partial charge in [0.25, 0.3) is 0 Å². The summed E-state index contributed by atoms with van der Waals surface area (Å²) in [7, 11) is 0. The summed E-state index contributed by atoms with van der Waals surface area (Å²) in [6.07, 6.45) is 1.75. The maximum atomic E-state index is 13.1. The minimum atomic E-state index is -0.344. The number of hydrogen-bond acceptors (Lipinski definition) is 2. The summed E-state index contributed by atoms with van der Waals surface area (Å²) in [4.78, 5) is 0. The van der Waals surface area contributed by atoms with Crippen molar-refractivity contribution in [2.45, 2.75) is 20.0 Å². The SMILES string of the molecule is CCn1nccc1CNc1cc(F)cc(Cl)c1. The van der Waals surface area contributed by atoms with Crippen LogP contribution >= 0.6 is 11.6 Å². The molecule has 0 aliphatic carbocycles. The zero-order chi connectivity index (χ0) is 12.3. The summed E-state index contributed by atoms with van der Waals surface area (Å²) in [5.74, 6) is -0.344. The molecule has 17 heavy (non-hydrogen) atoms. The number of aromatic nitrogens is 2. The van der Waals surface area contributed by atoms with Gasteiger partial charge in [-0.1, -0.05) is 11.6 Å². The van der Waals surface area contributed by atoms with Crippen molar-refractivity contribution in [3.63, 3.8) is 0 Å². The topological polar surface area (TPSA) is 29.9 Å². The molecule has 2 aromatic rings. The molecule has 5 heteroatoms. The first kappa shape index (κ1) is 11.9. The first-order valence-corrected chi connectivity index (χ1v) is 5.77. The van der Waals surface area contributed by atoms with Crippen molar-refractivity contribution >= 4 is 17.3 Å². The number of hydrogen-bond donors (Lipinski definition) is 1. The molecule has 3 nitrogen and oxygen atoms in total. The van der Waals surface area contributed by atoms with Crippen LogP contribution in [0.25, 0.3) is 0 Å². The normalized spacial score (nSPS) is 10.5. The van der Waals surface area contributed by atoms with Crippen molar-refractivity contribution in [3.05, 3.63) is 47.0 Å². The number of rotatable bonds is 4. The van der Waals surface area contributed by atoms with Gasteiger partial charge in [0.1, 0.15) is 5.82 Å². The Morgan fingerprint density at radius 1 is 1.41 bits per heavy atom. The van der Waals surface area contributed by atoms with Crippen LogP contribution < -0.4 is 5.32 Å². The van der Waals surface area contributed by atoms with Crippen LogP contribution in [0.1, 0.15) is 12.6 Å². The molecule has 0 fully saturated rings. The molecule has 1 heterocycles. The fourth-order valence-corrected chi connectivity index (χ4v) is 1.87. The van der Waals surface area contributed by atoms with Crippen LogP contribution in [0.2, 0.25) is 5.02 Å². The summed E-state index contributed by atoms with van der Waals surface area (Å²) in [5.41, 5.74) is 1.71. The number of nitrogens with one attached hydrogen (secondary N) is 1. The molecule has 0 atom stereocenters. The molecule has 1 aromatic heterocycles. The molecule has 0 spiro atoms. The predicted octanol–water partition coefficient (Wildman–Crippen LogP) is 3.31. The Morgan fingerprint density at radius 2 is 2.24 bits per heavy atom. The molecule has 0 aliphatic rings.